The third kappa shape index (κ3) is 3.95. The third-order valence-corrected chi connectivity index (χ3v) is 5.06. The van der Waals surface area contributed by atoms with E-state index in [0.717, 1.165) is 11.3 Å². The van der Waals surface area contributed by atoms with E-state index in [-0.39, 0.29) is 42.5 Å². The molecule has 1 aliphatic carbocycles. The topological polar surface area (TPSA) is 75.7 Å². The Balaban J connectivity index is 1.41. The molecular formula is C20H24N2O4. The molecule has 1 aromatic rings. The lowest BCUT2D eigenvalue weighted by atomic mass is 9.85. The quantitative estimate of drug-likeness (QED) is 0.596. The van der Waals surface area contributed by atoms with E-state index in [1.54, 1.807) is 7.11 Å². The Hall–Kier alpha value is -2.63. The smallest absolute Gasteiger partial charge is 0.233 e. The van der Waals surface area contributed by atoms with Gasteiger partial charge in [0.2, 0.25) is 17.7 Å². The van der Waals surface area contributed by atoms with Crippen LogP contribution in [0, 0.1) is 11.8 Å². The maximum atomic E-state index is 12.3. The first-order chi connectivity index (χ1) is 12.6. The monoisotopic (exact) mass is 356 g/mol. The van der Waals surface area contributed by atoms with Crippen molar-refractivity contribution in [2.75, 3.05) is 20.2 Å². The van der Waals surface area contributed by atoms with Crippen molar-refractivity contribution < 1.29 is 19.1 Å². The number of rotatable bonds is 7. The van der Waals surface area contributed by atoms with Crippen LogP contribution in [0.3, 0.4) is 0 Å². The molecule has 1 aromatic carbocycles. The van der Waals surface area contributed by atoms with Gasteiger partial charge < -0.3 is 10.1 Å². The van der Waals surface area contributed by atoms with Crippen LogP contribution in [0.5, 0.6) is 5.75 Å². The molecule has 2 aliphatic rings. The highest BCUT2D eigenvalue weighted by molar-refractivity contribution is 6.05. The van der Waals surface area contributed by atoms with E-state index in [1.165, 1.54) is 4.90 Å². The number of ether oxygens (including phenoxy) is 1. The molecule has 1 heterocycles. The average molecular weight is 356 g/mol. The first kappa shape index (κ1) is 18.2. The maximum Gasteiger partial charge on any atom is 0.233 e. The molecule has 0 aromatic heterocycles. The zero-order valence-corrected chi connectivity index (χ0v) is 14.9. The van der Waals surface area contributed by atoms with E-state index in [2.05, 4.69) is 5.32 Å². The summed E-state index contributed by atoms with van der Waals surface area (Å²) >= 11 is 0. The van der Waals surface area contributed by atoms with E-state index in [1.807, 2.05) is 36.4 Å². The Morgan fingerprint density at radius 2 is 1.73 bits per heavy atom. The molecule has 138 valence electrons. The summed E-state index contributed by atoms with van der Waals surface area (Å²) < 4.78 is 5.11. The lowest BCUT2D eigenvalue weighted by molar-refractivity contribution is -0.140. The van der Waals surface area contributed by atoms with Crippen LogP contribution >= 0.6 is 0 Å². The van der Waals surface area contributed by atoms with Gasteiger partial charge >= 0.3 is 0 Å². The minimum Gasteiger partial charge on any atom is -0.497 e. The number of hydrogen-bond acceptors (Lipinski definition) is 4. The van der Waals surface area contributed by atoms with Crippen LogP contribution in [0.4, 0.5) is 0 Å². The Kier molecular flexibility index (Phi) is 5.71. The number of nitrogens with one attached hydrogen (secondary N) is 1. The molecule has 1 saturated heterocycles. The van der Waals surface area contributed by atoms with Crippen molar-refractivity contribution in [1.82, 2.24) is 10.2 Å². The predicted molar refractivity (Wildman–Crippen MR) is 96.4 cm³/mol. The van der Waals surface area contributed by atoms with Crippen molar-refractivity contribution in [3.05, 3.63) is 42.0 Å². The molecule has 0 bridgehead atoms. The Labute approximate surface area is 153 Å². The largest absolute Gasteiger partial charge is 0.497 e. The van der Waals surface area contributed by atoms with E-state index < -0.39 is 0 Å². The summed E-state index contributed by atoms with van der Waals surface area (Å²) in [6.07, 6.45) is 6.03. The van der Waals surface area contributed by atoms with Crippen LogP contribution in [-0.2, 0) is 20.8 Å². The zero-order chi connectivity index (χ0) is 18.5. The molecule has 0 radical (unpaired) electrons. The van der Waals surface area contributed by atoms with Crippen LogP contribution < -0.4 is 10.1 Å². The first-order valence-corrected chi connectivity index (χ1v) is 9.00. The van der Waals surface area contributed by atoms with E-state index in [9.17, 15) is 14.4 Å². The van der Waals surface area contributed by atoms with Crippen LogP contribution in [0.1, 0.15) is 24.8 Å². The number of carbonyl (C=O) groups is 3. The van der Waals surface area contributed by atoms with Gasteiger partial charge in [-0.3, -0.25) is 19.3 Å². The summed E-state index contributed by atoms with van der Waals surface area (Å²) in [7, 11) is 1.62. The number of allylic oxidation sites excluding steroid dienone is 2. The lowest BCUT2D eigenvalue weighted by Crippen LogP contribution is -2.35. The van der Waals surface area contributed by atoms with Crippen LogP contribution in [0.15, 0.2) is 36.4 Å². The van der Waals surface area contributed by atoms with Gasteiger partial charge in [-0.25, -0.2) is 0 Å². The van der Waals surface area contributed by atoms with Crippen molar-refractivity contribution in [3.63, 3.8) is 0 Å². The highest BCUT2D eigenvalue weighted by Gasteiger charge is 2.46. The van der Waals surface area contributed by atoms with Crippen molar-refractivity contribution in [3.8, 4) is 5.75 Å². The summed E-state index contributed by atoms with van der Waals surface area (Å²) in [5.41, 5.74) is 1.10. The number of imide groups is 1. The highest BCUT2D eigenvalue weighted by Crippen LogP contribution is 2.34. The Morgan fingerprint density at radius 3 is 2.31 bits per heavy atom. The van der Waals surface area contributed by atoms with Crippen molar-refractivity contribution in [2.45, 2.75) is 25.7 Å². The molecule has 1 aliphatic heterocycles. The van der Waals surface area contributed by atoms with Crippen LogP contribution in [0.25, 0.3) is 0 Å². The first-order valence-electron chi connectivity index (χ1n) is 9.00. The minimum atomic E-state index is -0.231. The van der Waals surface area contributed by atoms with Crippen molar-refractivity contribution in [1.29, 1.82) is 0 Å². The van der Waals surface area contributed by atoms with Gasteiger partial charge in [0.1, 0.15) is 5.75 Å². The van der Waals surface area contributed by atoms with Crippen LogP contribution in [-0.4, -0.2) is 42.8 Å². The molecule has 26 heavy (non-hydrogen) atoms. The number of likely N-dealkylation sites (tertiary alicyclic amines) is 1. The number of fused-ring (bicyclic) bond motifs is 1. The number of hydrogen-bond donors (Lipinski definition) is 1. The molecule has 3 rings (SSSR count). The second-order valence-electron chi connectivity index (χ2n) is 6.68. The number of carbonyl (C=O) groups excluding carboxylic acids is 3. The fraction of sp³-hybridized carbons (Fsp3) is 0.450. The fourth-order valence-corrected chi connectivity index (χ4v) is 3.53. The molecule has 6 nitrogen and oxygen atoms in total. The Bertz CT molecular complexity index is 685. The maximum absolute atomic E-state index is 12.3. The third-order valence-electron chi connectivity index (χ3n) is 5.06. The highest BCUT2D eigenvalue weighted by atomic mass is 16.5. The fourth-order valence-electron chi connectivity index (χ4n) is 3.53. The van der Waals surface area contributed by atoms with Crippen molar-refractivity contribution in [2.24, 2.45) is 11.8 Å². The molecule has 0 spiro atoms. The molecular weight excluding hydrogens is 332 g/mol. The molecule has 2 atom stereocenters. The molecule has 1 N–H and O–H groups in total. The van der Waals surface area contributed by atoms with Gasteiger partial charge in [0.05, 0.1) is 18.9 Å². The molecule has 0 saturated carbocycles. The van der Waals surface area contributed by atoms with E-state index in [4.69, 9.17) is 4.74 Å². The average Bonchev–Trinajstić information content (AvgIpc) is 2.91. The second-order valence-corrected chi connectivity index (χ2v) is 6.68. The summed E-state index contributed by atoms with van der Waals surface area (Å²) in [5.74, 6) is -0.0670. The van der Waals surface area contributed by atoms with Gasteiger partial charge in [0, 0.05) is 19.5 Å². The van der Waals surface area contributed by atoms with Gasteiger partial charge in [-0.15, -0.1) is 0 Å². The number of methoxy groups -OCH3 is 1. The molecule has 6 heteroatoms. The second kappa shape index (κ2) is 8.17. The van der Waals surface area contributed by atoms with Gasteiger partial charge in [0.25, 0.3) is 0 Å². The normalized spacial score (nSPS) is 21.7. The van der Waals surface area contributed by atoms with Crippen molar-refractivity contribution >= 4 is 17.7 Å². The Morgan fingerprint density at radius 1 is 1.12 bits per heavy atom. The predicted octanol–water partition coefficient (Wildman–Crippen LogP) is 1.70. The molecule has 3 amide bonds. The number of amides is 3. The van der Waals surface area contributed by atoms with Gasteiger partial charge in [-0.1, -0.05) is 24.3 Å². The standard InChI is InChI=1S/C20H24N2O4/c1-26-15-8-6-14(7-9-15)10-12-21-18(23)11-13-22-19(24)16-4-2-3-5-17(16)20(22)25/h2-3,6-9,16-17H,4-5,10-13H2,1H3,(H,21,23)/t16-,17-/m0/s1. The lowest BCUT2D eigenvalue weighted by Gasteiger charge is -2.14. The zero-order valence-electron chi connectivity index (χ0n) is 14.9. The van der Waals surface area contributed by atoms with E-state index in [0.29, 0.717) is 25.8 Å². The number of nitrogens with zero attached hydrogens (tertiary/aromatic N) is 1. The minimum absolute atomic E-state index is 0.129. The van der Waals surface area contributed by atoms with E-state index >= 15 is 0 Å². The molecule has 0 unspecified atom stereocenters. The van der Waals surface area contributed by atoms with Gasteiger partial charge in [0.15, 0.2) is 0 Å². The number of benzene rings is 1. The summed E-state index contributed by atoms with van der Waals surface area (Å²) in [6, 6.07) is 7.69. The van der Waals surface area contributed by atoms with Gasteiger partial charge in [-0.05, 0) is 37.0 Å². The van der Waals surface area contributed by atoms with Gasteiger partial charge in [-0.2, -0.15) is 0 Å². The SMILES string of the molecule is COc1ccc(CCNC(=O)CCN2C(=O)[C@H]3CC=CC[C@@H]3C2=O)cc1. The molecule has 1 fully saturated rings. The summed E-state index contributed by atoms with van der Waals surface area (Å²) in [4.78, 5) is 38.0. The van der Waals surface area contributed by atoms with Crippen LogP contribution in [0.2, 0.25) is 0 Å². The summed E-state index contributed by atoms with van der Waals surface area (Å²) in [5, 5.41) is 2.84. The summed E-state index contributed by atoms with van der Waals surface area (Å²) in [6.45, 7) is 0.682.